The fourth-order valence-electron chi connectivity index (χ4n) is 1.75. The summed E-state index contributed by atoms with van der Waals surface area (Å²) in [5, 5.41) is 9.81. The number of hydrogen-bond donors (Lipinski definition) is 1. The maximum atomic E-state index is 11.8. The third-order valence-electron chi connectivity index (χ3n) is 2.64. The Balaban J connectivity index is 3.68. The van der Waals surface area contributed by atoms with Crippen LogP contribution in [0.2, 0.25) is 0 Å². The standard InChI is InChI=1S/C12H15NO5/c1-5-18-12(17)9-6(2)8(7(3)14)10(15)13(4)11(9)16/h16H,5H2,1-4H3. The Morgan fingerprint density at radius 2 is 1.89 bits per heavy atom. The fourth-order valence-corrected chi connectivity index (χ4v) is 1.75. The minimum Gasteiger partial charge on any atom is -0.494 e. The number of Topliss-reactive ketones (excluding diaryl/α,β-unsaturated/α-hetero) is 1. The Bertz CT molecular complexity index is 571. The van der Waals surface area contributed by atoms with Crippen LogP contribution in [0.4, 0.5) is 0 Å². The molecule has 1 heterocycles. The number of aromatic hydroxyl groups is 1. The largest absolute Gasteiger partial charge is 0.494 e. The van der Waals surface area contributed by atoms with E-state index in [1.807, 2.05) is 0 Å². The number of ether oxygens (including phenoxy) is 1. The monoisotopic (exact) mass is 253 g/mol. The number of rotatable bonds is 3. The predicted octanol–water partition coefficient (Wildman–Crippen LogP) is 0.779. The molecule has 0 atom stereocenters. The van der Waals surface area contributed by atoms with E-state index < -0.39 is 23.2 Å². The average Bonchev–Trinajstić information content (AvgIpc) is 2.26. The number of hydrogen-bond acceptors (Lipinski definition) is 5. The highest BCUT2D eigenvalue weighted by molar-refractivity contribution is 6.01. The molecule has 0 aromatic carbocycles. The lowest BCUT2D eigenvalue weighted by molar-refractivity contribution is 0.0520. The second-order valence-electron chi connectivity index (χ2n) is 3.84. The molecule has 0 radical (unpaired) electrons. The molecule has 6 nitrogen and oxygen atoms in total. The quantitative estimate of drug-likeness (QED) is 0.635. The molecule has 0 unspecified atom stereocenters. The molecule has 0 fully saturated rings. The van der Waals surface area contributed by atoms with Gasteiger partial charge in [-0.2, -0.15) is 0 Å². The van der Waals surface area contributed by atoms with Crippen LogP contribution < -0.4 is 5.56 Å². The van der Waals surface area contributed by atoms with Gasteiger partial charge < -0.3 is 9.84 Å². The van der Waals surface area contributed by atoms with Crippen molar-refractivity contribution in [1.82, 2.24) is 4.57 Å². The first kappa shape index (κ1) is 14.0. The number of esters is 1. The first-order chi connectivity index (χ1) is 8.32. The van der Waals surface area contributed by atoms with Crippen molar-refractivity contribution in [2.45, 2.75) is 20.8 Å². The number of pyridine rings is 1. The Kier molecular flexibility index (Phi) is 3.90. The zero-order valence-corrected chi connectivity index (χ0v) is 10.7. The third-order valence-corrected chi connectivity index (χ3v) is 2.64. The highest BCUT2D eigenvalue weighted by Gasteiger charge is 2.25. The van der Waals surface area contributed by atoms with E-state index in [2.05, 4.69) is 0 Å². The molecular formula is C12H15NO5. The summed E-state index contributed by atoms with van der Waals surface area (Å²) >= 11 is 0. The molecule has 0 saturated carbocycles. The Morgan fingerprint density at radius 1 is 1.33 bits per heavy atom. The van der Waals surface area contributed by atoms with Crippen LogP contribution in [0.1, 0.15) is 40.1 Å². The summed E-state index contributed by atoms with van der Waals surface area (Å²) in [5.74, 6) is -1.72. The maximum absolute atomic E-state index is 11.8. The van der Waals surface area contributed by atoms with E-state index in [-0.39, 0.29) is 23.3 Å². The van der Waals surface area contributed by atoms with Crippen LogP contribution in [0.3, 0.4) is 0 Å². The van der Waals surface area contributed by atoms with Crippen LogP contribution in [-0.4, -0.2) is 28.0 Å². The normalized spacial score (nSPS) is 10.2. The molecule has 1 rings (SSSR count). The van der Waals surface area contributed by atoms with Gasteiger partial charge in [-0.05, 0) is 26.3 Å². The van der Waals surface area contributed by atoms with Crippen molar-refractivity contribution in [3.8, 4) is 5.88 Å². The first-order valence-corrected chi connectivity index (χ1v) is 5.43. The molecular weight excluding hydrogens is 238 g/mol. The minimum absolute atomic E-state index is 0.113. The van der Waals surface area contributed by atoms with Crippen LogP contribution in [0.25, 0.3) is 0 Å². The molecule has 18 heavy (non-hydrogen) atoms. The van der Waals surface area contributed by atoms with Crippen molar-refractivity contribution in [2.75, 3.05) is 6.61 Å². The van der Waals surface area contributed by atoms with E-state index in [1.165, 1.54) is 20.9 Å². The van der Waals surface area contributed by atoms with Crippen LogP contribution >= 0.6 is 0 Å². The first-order valence-electron chi connectivity index (χ1n) is 5.43. The van der Waals surface area contributed by atoms with Gasteiger partial charge in [0.1, 0.15) is 5.56 Å². The number of ketones is 1. The van der Waals surface area contributed by atoms with Gasteiger partial charge in [-0.3, -0.25) is 14.2 Å². The van der Waals surface area contributed by atoms with Gasteiger partial charge in [0.2, 0.25) is 5.88 Å². The molecule has 0 aliphatic rings. The molecule has 0 bridgehead atoms. The van der Waals surface area contributed by atoms with E-state index in [4.69, 9.17) is 4.74 Å². The van der Waals surface area contributed by atoms with Gasteiger partial charge in [0.05, 0.1) is 12.2 Å². The van der Waals surface area contributed by atoms with Gasteiger partial charge in [-0.15, -0.1) is 0 Å². The highest BCUT2D eigenvalue weighted by atomic mass is 16.5. The fraction of sp³-hybridized carbons (Fsp3) is 0.417. The summed E-state index contributed by atoms with van der Waals surface area (Å²) in [6.45, 7) is 4.42. The van der Waals surface area contributed by atoms with Crippen LogP contribution in [0, 0.1) is 6.92 Å². The maximum Gasteiger partial charge on any atom is 0.343 e. The summed E-state index contributed by atoms with van der Waals surface area (Å²) in [5.41, 5.74) is -0.755. The van der Waals surface area contributed by atoms with E-state index >= 15 is 0 Å². The number of nitrogens with zero attached hydrogens (tertiary/aromatic N) is 1. The van der Waals surface area contributed by atoms with Crippen LogP contribution in [0.15, 0.2) is 4.79 Å². The van der Waals surface area contributed by atoms with E-state index in [9.17, 15) is 19.5 Å². The second kappa shape index (κ2) is 5.03. The lowest BCUT2D eigenvalue weighted by Crippen LogP contribution is -2.28. The van der Waals surface area contributed by atoms with Gasteiger partial charge >= 0.3 is 5.97 Å². The van der Waals surface area contributed by atoms with Crippen molar-refractivity contribution < 1.29 is 19.4 Å². The molecule has 0 amide bonds. The lowest BCUT2D eigenvalue weighted by atomic mass is 10.0. The van der Waals surface area contributed by atoms with Gasteiger partial charge in [0.15, 0.2) is 5.78 Å². The summed E-state index contributed by atoms with van der Waals surface area (Å²) < 4.78 is 5.65. The summed E-state index contributed by atoms with van der Waals surface area (Å²) in [6, 6.07) is 0. The van der Waals surface area contributed by atoms with Gasteiger partial charge in [-0.25, -0.2) is 4.79 Å². The second-order valence-corrected chi connectivity index (χ2v) is 3.84. The minimum atomic E-state index is -0.759. The molecule has 0 saturated heterocycles. The van der Waals surface area contributed by atoms with Gasteiger partial charge in [0.25, 0.3) is 5.56 Å². The SMILES string of the molecule is CCOC(=O)c1c(C)c(C(C)=O)c(=O)n(C)c1O. The summed E-state index contributed by atoms with van der Waals surface area (Å²) in [6.07, 6.45) is 0. The molecule has 0 aliphatic heterocycles. The Morgan fingerprint density at radius 3 is 2.33 bits per heavy atom. The van der Waals surface area contributed by atoms with Gasteiger partial charge in [-0.1, -0.05) is 0 Å². The summed E-state index contributed by atoms with van der Waals surface area (Å²) in [7, 11) is 1.28. The molecule has 0 spiro atoms. The highest BCUT2D eigenvalue weighted by Crippen LogP contribution is 2.22. The predicted molar refractivity (Wildman–Crippen MR) is 64.0 cm³/mol. The summed E-state index contributed by atoms with van der Waals surface area (Å²) in [4.78, 5) is 35.0. The van der Waals surface area contributed by atoms with E-state index in [0.717, 1.165) is 4.57 Å². The average molecular weight is 253 g/mol. The van der Waals surface area contributed by atoms with E-state index in [0.29, 0.717) is 0 Å². The molecule has 98 valence electrons. The Hall–Kier alpha value is -2.11. The third kappa shape index (κ3) is 2.13. The van der Waals surface area contributed by atoms with Crippen molar-refractivity contribution in [1.29, 1.82) is 0 Å². The van der Waals surface area contributed by atoms with Crippen molar-refractivity contribution in [3.63, 3.8) is 0 Å². The number of carbonyl (C=O) groups excluding carboxylic acids is 2. The number of aromatic nitrogens is 1. The zero-order valence-electron chi connectivity index (χ0n) is 10.7. The smallest absolute Gasteiger partial charge is 0.343 e. The van der Waals surface area contributed by atoms with Gasteiger partial charge in [0, 0.05) is 7.05 Å². The topological polar surface area (TPSA) is 85.6 Å². The molecule has 6 heteroatoms. The van der Waals surface area contributed by atoms with Crippen molar-refractivity contribution >= 4 is 11.8 Å². The van der Waals surface area contributed by atoms with Crippen molar-refractivity contribution in [2.24, 2.45) is 7.05 Å². The Labute approximate surface area is 104 Å². The lowest BCUT2D eigenvalue weighted by Gasteiger charge is -2.13. The van der Waals surface area contributed by atoms with Crippen LogP contribution in [-0.2, 0) is 11.8 Å². The molecule has 0 aliphatic carbocycles. The molecule has 1 aromatic rings. The molecule has 1 N–H and O–H groups in total. The number of carbonyl (C=O) groups is 2. The molecule has 1 aromatic heterocycles. The van der Waals surface area contributed by atoms with Crippen LogP contribution in [0.5, 0.6) is 5.88 Å². The van der Waals surface area contributed by atoms with Crippen molar-refractivity contribution in [3.05, 3.63) is 27.0 Å². The van der Waals surface area contributed by atoms with E-state index in [1.54, 1.807) is 6.92 Å². The zero-order chi connectivity index (χ0) is 14.0.